The van der Waals surface area contributed by atoms with Crippen LogP contribution >= 0.6 is 0 Å². The molecule has 5 fully saturated rings. The standard InChI is InChI=1S/C42H69N3O32/c1-11(51)43-21-14(54)4-41(39(65)66,75-33(21)24(57)16(56)6-46)74-18(8-48)26(59)34-22(44-12(2)52)15(55)5-42(76-34,40(67)68)77-35-30(63)38(72-31-19(9-49)69-36(64)29(62)28(31)61)71-20(10-50)32(35)73-37-23(45-13(3)53)27(60)25(58)17(7-47)70-37/h14-38,46-50,54-64H,4-10H2,1-3H3,(H,43,51)(H,44,52)(H,45,53)(H,65,66)(H,67,68)/t14?,15?,16-,17?,18-,19?,20?,21?,22?,23?,24-,25?,26-,27?,28?,29?,30?,31?,32?,33?,34?,35?,36?,37?,38?,41?,42?/m1/s1. The van der Waals surface area contributed by atoms with Crippen LogP contribution in [0.3, 0.4) is 0 Å². The molecule has 0 aromatic carbocycles. The Balaban J connectivity index is 1.61. The number of aliphatic hydroxyl groups excluding tert-OH is 16. The van der Waals surface area contributed by atoms with Gasteiger partial charge >= 0.3 is 11.9 Å². The average molecular weight is 1130 g/mol. The van der Waals surface area contributed by atoms with Crippen molar-refractivity contribution < 1.29 is 159 Å². The van der Waals surface area contributed by atoms with Gasteiger partial charge in [0.1, 0.15) is 110 Å². The van der Waals surface area contributed by atoms with Crippen LogP contribution in [0.5, 0.6) is 0 Å². The van der Waals surface area contributed by atoms with Crippen molar-refractivity contribution in [2.24, 2.45) is 0 Å². The van der Waals surface area contributed by atoms with Gasteiger partial charge < -0.3 is 150 Å². The summed E-state index contributed by atoms with van der Waals surface area (Å²) in [4.78, 5) is 63.9. The van der Waals surface area contributed by atoms with E-state index in [4.69, 9.17) is 42.6 Å². The second kappa shape index (κ2) is 26.7. The number of carboxylic acids is 2. The highest BCUT2D eigenvalue weighted by molar-refractivity contribution is 5.77. The van der Waals surface area contributed by atoms with Gasteiger partial charge in [0.15, 0.2) is 18.9 Å². The Morgan fingerprint density at radius 2 is 1.00 bits per heavy atom. The monoisotopic (exact) mass is 1130 g/mol. The first kappa shape index (κ1) is 64.2. The molecule has 0 aliphatic carbocycles. The SMILES string of the molecule is CC(=O)NC1C(OC2C(CO)OC(OC3C(CO)OC(O)C(O)C3O)C(O)C2OC2(C(=O)O)CC(O)C(NC(C)=O)C([C@H](O)[C@@H](CO)OC3(C(=O)O)CC(O)C(NC(C)=O)C([C@H](O)[C@H](O)CO)O3)O2)OC(CO)C(O)C1O. The second-order valence-corrected chi connectivity index (χ2v) is 19.0. The van der Waals surface area contributed by atoms with E-state index >= 15 is 0 Å². The molecule has 444 valence electrons. The first-order valence-electron chi connectivity index (χ1n) is 23.9. The van der Waals surface area contributed by atoms with Gasteiger partial charge in [-0.05, 0) is 0 Å². The average Bonchev–Trinajstić information content (AvgIpc) is 3.38. The Kier molecular flexibility index (Phi) is 22.3. The van der Waals surface area contributed by atoms with Crippen molar-refractivity contribution in [1.29, 1.82) is 0 Å². The van der Waals surface area contributed by atoms with Crippen LogP contribution in [0.2, 0.25) is 0 Å². The third kappa shape index (κ3) is 13.9. The highest BCUT2D eigenvalue weighted by atomic mass is 16.8. The van der Waals surface area contributed by atoms with E-state index in [1.165, 1.54) is 0 Å². The number of carbonyl (C=O) groups excluding carboxylic acids is 3. The first-order valence-corrected chi connectivity index (χ1v) is 23.9. The van der Waals surface area contributed by atoms with Crippen LogP contribution in [-0.4, -0.2) is 319 Å². The number of amides is 3. The van der Waals surface area contributed by atoms with Crippen molar-refractivity contribution in [1.82, 2.24) is 16.0 Å². The van der Waals surface area contributed by atoms with E-state index in [1.807, 2.05) is 0 Å². The molecule has 0 spiro atoms. The number of nitrogens with one attached hydrogen (secondary N) is 3. The molecule has 35 heteroatoms. The Labute approximate surface area is 434 Å². The minimum Gasteiger partial charge on any atom is -0.477 e. The van der Waals surface area contributed by atoms with Crippen molar-refractivity contribution in [2.75, 3.05) is 33.0 Å². The van der Waals surface area contributed by atoms with Crippen LogP contribution in [0.4, 0.5) is 0 Å². The molecule has 0 saturated carbocycles. The number of aliphatic hydroxyl groups is 16. The molecule has 0 aromatic rings. The molecule has 35 nitrogen and oxygen atoms in total. The highest BCUT2D eigenvalue weighted by Gasteiger charge is 2.63. The van der Waals surface area contributed by atoms with E-state index in [0.717, 1.165) is 20.8 Å². The predicted molar refractivity (Wildman–Crippen MR) is 236 cm³/mol. The van der Waals surface area contributed by atoms with Gasteiger partial charge in [0.05, 0.1) is 57.3 Å². The third-order valence-electron chi connectivity index (χ3n) is 13.5. The normalized spacial score (nSPS) is 43.2. The molecule has 0 bridgehead atoms. The first-order chi connectivity index (χ1) is 36.0. The largest absolute Gasteiger partial charge is 0.477 e. The Morgan fingerprint density at radius 3 is 1.49 bits per heavy atom. The van der Waals surface area contributed by atoms with Crippen LogP contribution in [-0.2, 0) is 66.6 Å². The van der Waals surface area contributed by atoms with Crippen molar-refractivity contribution in [3.63, 3.8) is 0 Å². The lowest BCUT2D eigenvalue weighted by Gasteiger charge is -2.52. The van der Waals surface area contributed by atoms with Gasteiger partial charge in [0.2, 0.25) is 17.7 Å². The number of rotatable bonds is 22. The number of aliphatic carboxylic acids is 2. The Hall–Kier alpha value is -3.65. The van der Waals surface area contributed by atoms with E-state index in [-0.39, 0.29) is 0 Å². The van der Waals surface area contributed by atoms with E-state index in [1.54, 1.807) is 0 Å². The fourth-order valence-electron chi connectivity index (χ4n) is 9.64. The van der Waals surface area contributed by atoms with E-state index in [2.05, 4.69) is 16.0 Å². The molecule has 5 saturated heterocycles. The summed E-state index contributed by atoms with van der Waals surface area (Å²) in [6, 6.07) is -5.55. The highest BCUT2D eigenvalue weighted by Crippen LogP contribution is 2.42. The fraction of sp³-hybridized carbons (Fsp3) is 0.881. The molecular weight excluding hydrogens is 1060 g/mol. The minimum absolute atomic E-state index is 0.873. The van der Waals surface area contributed by atoms with E-state index < -0.39 is 240 Å². The number of hydrogen-bond donors (Lipinski definition) is 21. The number of ether oxygens (including phenoxy) is 9. The lowest BCUT2D eigenvalue weighted by Crippen LogP contribution is -2.72. The van der Waals surface area contributed by atoms with Gasteiger partial charge in [-0.1, -0.05) is 0 Å². The number of hydrogen-bond acceptors (Lipinski definition) is 30. The predicted octanol–water partition coefficient (Wildman–Crippen LogP) is -13.1. The third-order valence-corrected chi connectivity index (χ3v) is 13.5. The summed E-state index contributed by atoms with van der Waals surface area (Å²) in [6.45, 7) is -3.24. The van der Waals surface area contributed by atoms with Gasteiger partial charge in [-0.25, -0.2) is 9.59 Å². The minimum atomic E-state index is -3.53. The number of carbonyl (C=O) groups is 5. The van der Waals surface area contributed by atoms with Crippen LogP contribution in [0.15, 0.2) is 0 Å². The summed E-state index contributed by atoms with van der Waals surface area (Å²) in [5, 5.41) is 201. The molecule has 5 heterocycles. The Morgan fingerprint density at radius 1 is 0.532 bits per heavy atom. The van der Waals surface area contributed by atoms with Gasteiger partial charge in [-0.15, -0.1) is 0 Å². The summed E-state index contributed by atoms with van der Waals surface area (Å²) in [6.07, 6.45) is -50.7. The van der Waals surface area contributed by atoms with Crippen molar-refractivity contribution in [2.45, 2.75) is 198 Å². The Bertz CT molecular complexity index is 2000. The zero-order chi connectivity index (χ0) is 57.8. The molecule has 23 unspecified atom stereocenters. The molecule has 5 rings (SSSR count). The molecule has 0 radical (unpaired) electrons. The molecule has 0 aromatic heterocycles. The van der Waals surface area contributed by atoms with Gasteiger partial charge in [0, 0.05) is 33.6 Å². The van der Waals surface area contributed by atoms with Crippen LogP contribution in [0.1, 0.15) is 33.6 Å². The maximum Gasteiger partial charge on any atom is 0.364 e. The molecule has 27 atom stereocenters. The fourth-order valence-corrected chi connectivity index (χ4v) is 9.64. The van der Waals surface area contributed by atoms with Gasteiger partial charge in [-0.3, -0.25) is 14.4 Å². The zero-order valence-electron chi connectivity index (χ0n) is 41.1. The summed E-state index contributed by atoms with van der Waals surface area (Å²) in [7, 11) is 0. The van der Waals surface area contributed by atoms with Crippen molar-refractivity contribution in [3.05, 3.63) is 0 Å². The number of carboxylic acid groups (broad SMARTS) is 2. The topological polar surface area (TPSA) is 569 Å². The van der Waals surface area contributed by atoms with Gasteiger partial charge in [0.25, 0.3) is 11.6 Å². The molecule has 5 aliphatic rings. The maximum atomic E-state index is 13.7. The quantitative estimate of drug-likeness (QED) is 0.0479. The van der Waals surface area contributed by atoms with Crippen molar-refractivity contribution >= 4 is 29.7 Å². The molecule has 3 amide bonds. The lowest BCUT2D eigenvalue weighted by molar-refractivity contribution is -0.401. The summed E-state index contributed by atoms with van der Waals surface area (Å²) < 4.78 is 51.5. The zero-order valence-corrected chi connectivity index (χ0v) is 41.1. The lowest BCUT2D eigenvalue weighted by atomic mass is 9.87. The van der Waals surface area contributed by atoms with Crippen LogP contribution in [0.25, 0.3) is 0 Å². The van der Waals surface area contributed by atoms with E-state index in [9.17, 15) is 116 Å². The van der Waals surface area contributed by atoms with Gasteiger partial charge in [-0.2, -0.15) is 0 Å². The smallest absolute Gasteiger partial charge is 0.364 e. The second-order valence-electron chi connectivity index (χ2n) is 19.0. The summed E-state index contributed by atoms with van der Waals surface area (Å²) in [5.41, 5.74) is 0. The molecule has 77 heavy (non-hydrogen) atoms. The van der Waals surface area contributed by atoms with Crippen LogP contribution < -0.4 is 16.0 Å². The molecule has 21 N–H and O–H groups in total. The summed E-state index contributed by atoms with van der Waals surface area (Å²) >= 11 is 0. The maximum absolute atomic E-state index is 13.7. The molecule has 5 aliphatic heterocycles. The summed E-state index contributed by atoms with van der Waals surface area (Å²) in [5.74, 6) is -14.1. The van der Waals surface area contributed by atoms with Crippen molar-refractivity contribution in [3.8, 4) is 0 Å². The van der Waals surface area contributed by atoms with Crippen LogP contribution in [0, 0.1) is 0 Å². The van der Waals surface area contributed by atoms with E-state index in [0.29, 0.717) is 0 Å². The molecular formula is C42H69N3O32.